The van der Waals surface area contributed by atoms with Gasteiger partial charge in [-0.15, -0.1) is 0 Å². The van der Waals surface area contributed by atoms with Gasteiger partial charge in [0.05, 0.1) is 6.54 Å². The molecule has 0 fully saturated rings. The Morgan fingerprint density at radius 1 is 1.22 bits per heavy atom. The van der Waals surface area contributed by atoms with Gasteiger partial charge in [-0.05, 0) is 26.0 Å². The van der Waals surface area contributed by atoms with Gasteiger partial charge in [0.1, 0.15) is 11.6 Å². The van der Waals surface area contributed by atoms with E-state index < -0.39 is 11.6 Å². The van der Waals surface area contributed by atoms with Crippen LogP contribution < -0.4 is 0 Å². The van der Waals surface area contributed by atoms with E-state index in [0.29, 0.717) is 11.1 Å². The average molecular weight is 249 g/mol. The molecule has 1 aromatic carbocycles. The van der Waals surface area contributed by atoms with Gasteiger partial charge in [-0.1, -0.05) is 6.07 Å². The van der Waals surface area contributed by atoms with Crippen LogP contribution >= 0.6 is 0 Å². The molecular weight excluding hydrogens is 236 g/mol. The molecule has 2 aromatic rings. The van der Waals surface area contributed by atoms with E-state index in [2.05, 4.69) is 0 Å². The van der Waals surface area contributed by atoms with E-state index in [1.165, 1.54) is 12.1 Å². The molecule has 0 saturated carbocycles. The number of halogens is 2. The Kier molecular flexibility index (Phi) is 3.28. The third kappa shape index (κ3) is 2.18. The minimum absolute atomic E-state index is 0.289. The quantitative estimate of drug-likeness (QED) is 0.765. The zero-order chi connectivity index (χ0) is 13.3. The maximum atomic E-state index is 13.6. The van der Waals surface area contributed by atoms with Crippen LogP contribution in [0.25, 0.3) is 0 Å². The van der Waals surface area contributed by atoms with E-state index in [-0.39, 0.29) is 6.54 Å². The number of benzene rings is 1. The number of carbonyl (C=O) groups is 1. The third-order valence-electron chi connectivity index (χ3n) is 3.08. The highest BCUT2D eigenvalue weighted by molar-refractivity contribution is 5.77. The zero-order valence-corrected chi connectivity index (χ0v) is 10.2. The summed E-state index contributed by atoms with van der Waals surface area (Å²) in [4.78, 5) is 10.8. The predicted molar refractivity (Wildman–Crippen MR) is 64.8 cm³/mol. The summed E-state index contributed by atoms with van der Waals surface area (Å²) < 4.78 is 28.2. The van der Waals surface area contributed by atoms with Gasteiger partial charge in [0, 0.05) is 28.6 Å². The Morgan fingerprint density at radius 2 is 1.94 bits per heavy atom. The topological polar surface area (TPSA) is 22.0 Å². The first kappa shape index (κ1) is 12.5. The summed E-state index contributed by atoms with van der Waals surface area (Å²) in [6, 6.07) is 5.27. The molecule has 4 heteroatoms. The predicted octanol–water partition coefficient (Wildman–Crippen LogP) is 3.24. The van der Waals surface area contributed by atoms with E-state index in [1.807, 2.05) is 11.5 Å². The molecule has 2 rings (SSSR count). The smallest absolute Gasteiger partial charge is 0.151 e. The van der Waals surface area contributed by atoms with Crippen LogP contribution in [0.1, 0.15) is 27.3 Å². The molecule has 94 valence electrons. The molecular formula is C14H13F2NO. The van der Waals surface area contributed by atoms with Gasteiger partial charge in [0.25, 0.3) is 0 Å². The molecule has 0 amide bonds. The first-order valence-corrected chi connectivity index (χ1v) is 5.58. The maximum Gasteiger partial charge on any atom is 0.151 e. The normalized spacial score (nSPS) is 10.7. The second kappa shape index (κ2) is 4.72. The van der Waals surface area contributed by atoms with E-state index >= 15 is 0 Å². The molecule has 0 aliphatic heterocycles. The molecule has 0 bridgehead atoms. The lowest BCUT2D eigenvalue weighted by atomic mass is 10.2. The van der Waals surface area contributed by atoms with Crippen molar-refractivity contribution < 1.29 is 13.6 Å². The summed E-state index contributed by atoms with van der Waals surface area (Å²) in [5.74, 6) is -1.17. The van der Waals surface area contributed by atoms with Gasteiger partial charge in [0.2, 0.25) is 0 Å². The van der Waals surface area contributed by atoms with Crippen molar-refractivity contribution in [3.05, 3.63) is 58.4 Å². The number of hydrogen-bond acceptors (Lipinski definition) is 1. The lowest BCUT2D eigenvalue weighted by molar-refractivity contribution is 0.112. The fourth-order valence-electron chi connectivity index (χ4n) is 2.01. The van der Waals surface area contributed by atoms with Gasteiger partial charge < -0.3 is 4.57 Å². The SMILES string of the molecule is Cc1cc(C=O)c(C)n1Cc1ccc(F)cc1F. The van der Waals surface area contributed by atoms with Gasteiger partial charge in [-0.2, -0.15) is 0 Å². The van der Waals surface area contributed by atoms with E-state index in [1.54, 1.807) is 13.0 Å². The van der Waals surface area contributed by atoms with Crippen LogP contribution in [0.15, 0.2) is 24.3 Å². The van der Waals surface area contributed by atoms with Crippen LogP contribution in [0, 0.1) is 25.5 Å². The number of carbonyl (C=O) groups excluding carboxylic acids is 1. The molecule has 0 aliphatic rings. The molecule has 0 spiro atoms. The minimum Gasteiger partial charge on any atom is -0.344 e. The Labute approximate surface area is 104 Å². The molecule has 0 N–H and O–H groups in total. The number of aldehydes is 1. The fourth-order valence-corrected chi connectivity index (χ4v) is 2.01. The summed E-state index contributed by atoms with van der Waals surface area (Å²) in [6.45, 7) is 3.94. The highest BCUT2D eigenvalue weighted by atomic mass is 19.1. The van der Waals surface area contributed by atoms with E-state index in [0.717, 1.165) is 23.7 Å². The average Bonchev–Trinajstić information content (AvgIpc) is 2.59. The molecule has 0 aliphatic carbocycles. The third-order valence-corrected chi connectivity index (χ3v) is 3.08. The molecule has 18 heavy (non-hydrogen) atoms. The first-order valence-electron chi connectivity index (χ1n) is 5.58. The van der Waals surface area contributed by atoms with Crippen molar-refractivity contribution in [1.82, 2.24) is 4.57 Å². The van der Waals surface area contributed by atoms with Crippen LogP contribution in [0.3, 0.4) is 0 Å². The number of nitrogens with zero attached hydrogens (tertiary/aromatic N) is 1. The molecule has 2 nitrogen and oxygen atoms in total. The van der Waals surface area contributed by atoms with Crippen LogP contribution in [0.4, 0.5) is 8.78 Å². The van der Waals surface area contributed by atoms with Gasteiger partial charge in [0.15, 0.2) is 6.29 Å². The Balaban J connectivity index is 2.39. The van der Waals surface area contributed by atoms with Crippen molar-refractivity contribution >= 4 is 6.29 Å². The minimum atomic E-state index is -0.592. The summed E-state index contributed by atoms with van der Waals surface area (Å²) in [7, 11) is 0. The largest absolute Gasteiger partial charge is 0.344 e. The summed E-state index contributed by atoms with van der Waals surface area (Å²) in [5.41, 5.74) is 2.65. The van der Waals surface area contributed by atoms with Crippen molar-refractivity contribution in [3.8, 4) is 0 Å². The highest BCUT2D eigenvalue weighted by Crippen LogP contribution is 2.17. The zero-order valence-electron chi connectivity index (χ0n) is 10.2. The van der Waals surface area contributed by atoms with Crippen molar-refractivity contribution in [3.63, 3.8) is 0 Å². The first-order chi connectivity index (χ1) is 8.52. The lowest BCUT2D eigenvalue weighted by Gasteiger charge is -2.10. The Morgan fingerprint density at radius 3 is 2.50 bits per heavy atom. The number of aromatic nitrogens is 1. The fraction of sp³-hybridized carbons (Fsp3) is 0.214. The number of hydrogen-bond donors (Lipinski definition) is 0. The van der Waals surface area contributed by atoms with Gasteiger partial charge in [-0.3, -0.25) is 4.79 Å². The highest BCUT2D eigenvalue weighted by Gasteiger charge is 2.11. The van der Waals surface area contributed by atoms with Crippen LogP contribution in [0.2, 0.25) is 0 Å². The standard InChI is InChI=1S/C14H13F2NO/c1-9-5-12(8-18)10(2)17(9)7-11-3-4-13(15)6-14(11)16/h3-6,8H,7H2,1-2H3. The summed E-state index contributed by atoms with van der Waals surface area (Å²) >= 11 is 0. The van der Waals surface area contributed by atoms with E-state index in [4.69, 9.17) is 0 Å². The molecule has 0 radical (unpaired) electrons. The Hall–Kier alpha value is -1.97. The van der Waals surface area contributed by atoms with Gasteiger partial charge in [-0.25, -0.2) is 8.78 Å². The van der Waals surface area contributed by atoms with Crippen molar-refractivity contribution in [2.75, 3.05) is 0 Å². The molecule has 0 saturated heterocycles. The molecule has 0 atom stereocenters. The second-order valence-electron chi connectivity index (χ2n) is 4.27. The lowest BCUT2D eigenvalue weighted by Crippen LogP contribution is -2.06. The van der Waals surface area contributed by atoms with E-state index in [9.17, 15) is 13.6 Å². The monoisotopic (exact) mass is 249 g/mol. The maximum absolute atomic E-state index is 13.6. The number of rotatable bonds is 3. The van der Waals surface area contributed by atoms with Gasteiger partial charge >= 0.3 is 0 Å². The molecule has 1 aromatic heterocycles. The van der Waals surface area contributed by atoms with Crippen LogP contribution in [-0.2, 0) is 6.54 Å². The van der Waals surface area contributed by atoms with Crippen molar-refractivity contribution in [2.45, 2.75) is 20.4 Å². The molecule has 0 unspecified atom stereocenters. The summed E-state index contributed by atoms with van der Waals surface area (Å²) in [5, 5.41) is 0. The van der Waals surface area contributed by atoms with Crippen LogP contribution in [0.5, 0.6) is 0 Å². The molecule has 1 heterocycles. The van der Waals surface area contributed by atoms with Crippen molar-refractivity contribution in [1.29, 1.82) is 0 Å². The number of aryl methyl sites for hydroxylation is 1. The summed E-state index contributed by atoms with van der Waals surface area (Å²) in [6.07, 6.45) is 0.778. The van der Waals surface area contributed by atoms with Crippen LogP contribution in [-0.4, -0.2) is 10.9 Å². The Bertz CT molecular complexity index is 602. The van der Waals surface area contributed by atoms with Crippen molar-refractivity contribution in [2.24, 2.45) is 0 Å². The second-order valence-corrected chi connectivity index (χ2v) is 4.27.